The summed E-state index contributed by atoms with van der Waals surface area (Å²) in [5.74, 6) is 0.840. The van der Waals surface area contributed by atoms with E-state index in [4.69, 9.17) is 0 Å². The summed E-state index contributed by atoms with van der Waals surface area (Å²) in [6.07, 6.45) is 3.48. The third kappa shape index (κ3) is 4.83. The van der Waals surface area contributed by atoms with Gasteiger partial charge < -0.3 is 10.6 Å². The highest BCUT2D eigenvalue weighted by Gasteiger charge is 2.08. The molecule has 0 saturated carbocycles. The zero-order valence-electron chi connectivity index (χ0n) is 12.2. The molecule has 2 aromatic rings. The maximum Gasteiger partial charge on any atom is 0.271 e. The Labute approximate surface area is 124 Å². The lowest BCUT2D eigenvalue weighted by atomic mass is 10.2. The molecule has 0 saturated heterocycles. The zero-order valence-corrected chi connectivity index (χ0v) is 12.2. The van der Waals surface area contributed by atoms with Gasteiger partial charge in [0, 0.05) is 25.5 Å². The van der Waals surface area contributed by atoms with Crippen molar-refractivity contribution in [2.75, 3.05) is 11.9 Å². The number of nitrogens with zero attached hydrogens (tertiary/aromatic N) is 3. The third-order valence-corrected chi connectivity index (χ3v) is 2.79. The molecule has 6 heteroatoms. The lowest BCUT2D eigenvalue weighted by Gasteiger charge is -2.08. The van der Waals surface area contributed by atoms with Gasteiger partial charge in [-0.25, -0.2) is 0 Å². The van der Waals surface area contributed by atoms with Crippen molar-refractivity contribution in [1.29, 1.82) is 0 Å². The second-order valence-electron chi connectivity index (χ2n) is 5.12. The average molecular weight is 285 g/mol. The topological polar surface area (TPSA) is 79.8 Å². The number of rotatable bonds is 6. The summed E-state index contributed by atoms with van der Waals surface area (Å²) in [4.78, 5) is 15.8. The predicted molar refractivity (Wildman–Crippen MR) is 80.8 cm³/mol. The van der Waals surface area contributed by atoms with Crippen LogP contribution >= 0.6 is 0 Å². The molecule has 2 heterocycles. The number of carbonyl (C=O) groups excluding carboxylic acids is 1. The fourth-order valence-corrected chi connectivity index (χ4v) is 1.63. The van der Waals surface area contributed by atoms with E-state index in [2.05, 4.69) is 25.8 Å². The van der Waals surface area contributed by atoms with Gasteiger partial charge in [-0.15, -0.1) is 10.2 Å². The van der Waals surface area contributed by atoms with Crippen LogP contribution in [0, 0.1) is 5.92 Å². The Morgan fingerprint density at radius 2 is 1.90 bits per heavy atom. The van der Waals surface area contributed by atoms with Gasteiger partial charge in [-0.3, -0.25) is 9.78 Å². The summed E-state index contributed by atoms with van der Waals surface area (Å²) in [6, 6.07) is 7.26. The van der Waals surface area contributed by atoms with Crippen molar-refractivity contribution in [3.05, 3.63) is 47.9 Å². The normalized spacial score (nSPS) is 10.4. The van der Waals surface area contributed by atoms with Crippen LogP contribution in [-0.2, 0) is 6.54 Å². The van der Waals surface area contributed by atoms with Gasteiger partial charge in [0.25, 0.3) is 5.91 Å². The third-order valence-electron chi connectivity index (χ3n) is 2.79. The van der Waals surface area contributed by atoms with E-state index in [1.165, 1.54) is 0 Å². The Balaban J connectivity index is 1.88. The van der Waals surface area contributed by atoms with Crippen LogP contribution in [0.5, 0.6) is 0 Å². The maximum absolute atomic E-state index is 11.8. The van der Waals surface area contributed by atoms with E-state index in [1.807, 2.05) is 26.0 Å². The minimum absolute atomic E-state index is 0.197. The van der Waals surface area contributed by atoms with Crippen molar-refractivity contribution in [1.82, 2.24) is 20.5 Å². The number of anilines is 1. The molecular weight excluding hydrogens is 266 g/mol. The summed E-state index contributed by atoms with van der Waals surface area (Å²) < 4.78 is 0. The molecule has 2 aromatic heterocycles. The zero-order chi connectivity index (χ0) is 15.1. The van der Waals surface area contributed by atoms with Gasteiger partial charge in [-0.05, 0) is 35.7 Å². The first-order chi connectivity index (χ1) is 10.1. The molecule has 0 radical (unpaired) electrons. The summed E-state index contributed by atoms with van der Waals surface area (Å²) in [7, 11) is 0. The molecule has 2 N–H and O–H groups in total. The SMILES string of the molecule is CC(C)CNC(=O)c1ccc(NCc2ccncc2)nn1. The molecule has 0 aliphatic rings. The second-order valence-corrected chi connectivity index (χ2v) is 5.12. The van der Waals surface area contributed by atoms with E-state index in [0.717, 1.165) is 5.56 Å². The summed E-state index contributed by atoms with van der Waals surface area (Å²) >= 11 is 0. The van der Waals surface area contributed by atoms with Gasteiger partial charge in [0.2, 0.25) is 0 Å². The molecule has 2 rings (SSSR count). The smallest absolute Gasteiger partial charge is 0.271 e. The van der Waals surface area contributed by atoms with Crippen molar-refractivity contribution >= 4 is 11.7 Å². The van der Waals surface area contributed by atoms with Crippen LogP contribution in [0.15, 0.2) is 36.7 Å². The molecule has 0 spiro atoms. The second kappa shape index (κ2) is 7.33. The van der Waals surface area contributed by atoms with E-state index >= 15 is 0 Å². The van der Waals surface area contributed by atoms with Crippen molar-refractivity contribution < 1.29 is 4.79 Å². The van der Waals surface area contributed by atoms with E-state index in [0.29, 0.717) is 30.5 Å². The maximum atomic E-state index is 11.8. The van der Waals surface area contributed by atoms with Crippen molar-refractivity contribution in [3.8, 4) is 0 Å². The quantitative estimate of drug-likeness (QED) is 0.847. The standard InChI is InChI=1S/C15H19N5O/c1-11(2)9-18-15(21)13-3-4-14(20-19-13)17-10-12-5-7-16-8-6-12/h3-8,11H,9-10H2,1-2H3,(H,17,20)(H,18,21). The number of nitrogens with one attached hydrogen (secondary N) is 2. The van der Waals surface area contributed by atoms with Crippen molar-refractivity contribution in [2.24, 2.45) is 5.92 Å². The number of carbonyl (C=O) groups is 1. The first-order valence-corrected chi connectivity index (χ1v) is 6.90. The molecular formula is C15H19N5O. The van der Waals surface area contributed by atoms with E-state index in [1.54, 1.807) is 24.5 Å². The van der Waals surface area contributed by atoms with E-state index in [-0.39, 0.29) is 5.91 Å². The lowest BCUT2D eigenvalue weighted by Crippen LogP contribution is -2.28. The molecule has 0 aromatic carbocycles. The van der Waals surface area contributed by atoms with Crippen LogP contribution in [0.2, 0.25) is 0 Å². The molecule has 21 heavy (non-hydrogen) atoms. The van der Waals surface area contributed by atoms with Crippen molar-refractivity contribution in [3.63, 3.8) is 0 Å². The van der Waals surface area contributed by atoms with Crippen LogP contribution in [0.25, 0.3) is 0 Å². The first-order valence-electron chi connectivity index (χ1n) is 6.90. The minimum atomic E-state index is -0.197. The lowest BCUT2D eigenvalue weighted by molar-refractivity contribution is 0.0943. The Morgan fingerprint density at radius 3 is 2.52 bits per heavy atom. The Morgan fingerprint density at radius 1 is 1.14 bits per heavy atom. The highest BCUT2D eigenvalue weighted by Crippen LogP contribution is 2.05. The molecule has 0 unspecified atom stereocenters. The highest BCUT2D eigenvalue weighted by atomic mass is 16.1. The van der Waals surface area contributed by atoms with Crippen LogP contribution < -0.4 is 10.6 Å². The predicted octanol–water partition coefficient (Wildman–Crippen LogP) is 1.87. The van der Waals surface area contributed by atoms with Gasteiger partial charge in [-0.1, -0.05) is 13.8 Å². The molecule has 6 nitrogen and oxygen atoms in total. The molecule has 0 aliphatic carbocycles. The number of hydrogen-bond donors (Lipinski definition) is 2. The van der Waals surface area contributed by atoms with Crippen LogP contribution in [0.4, 0.5) is 5.82 Å². The molecule has 0 aliphatic heterocycles. The monoisotopic (exact) mass is 285 g/mol. The van der Waals surface area contributed by atoms with Gasteiger partial charge >= 0.3 is 0 Å². The van der Waals surface area contributed by atoms with Crippen LogP contribution in [-0.4, -0.2) is 27.6 Å². The molecule has 1 amide bonds. The molecule has 0 atom stereocenters. The van der Waals surface area contributed by atoms with Gasteiger partial charge in [0.1, 0.15) is 5.82 Å². The van der Waals surface area contributed by atoms with Gasteiger partial charge in [-0.2, -0.15) is 0 Å². The largest absolute Gasteiger partial charge is 0.365 e. The average Bonchev–Trinajstić information content (AvgIpc) is 2.52. The Hall–Kier alpha value is -2.50. The fraction of sp³-hybridized carbons (Fsp3) is 0.333. The van der Waals surface area contributed by atoms with Crippen molar-refractivity contribution in [2.45, 2.75) is 20.4 Å². The number of hydrogen-bond acceptors (Lipinski definition) is 5. The first kappa shape index (κ1) is 14.9. The Kier molecular flexibility index (Phi) is 5.20. The molecule has 110 valence electrons. The fourth-order valence-electron chi connectivity index (χ4n) is 1.63. The number of pyridine rings is 1. The highest BCUT2D eigenvalue weighted by molar-refractivity contribution is 5.92. The number of aromatic nitrogens is 3. The summed E-state index contributed by atoms with van der Waals surface area (Å²) in [5, 5.41) is 13.9. The van der Waals surface area contributed by atoms with E-state index in [9.17, 15) is 4.79 Å². The van der Waals surface area contributed by atoms with Crippen LogP contribution in [0.1, 0.15) is 29.9 Å². The van der Waals surface area contributed by atoms with Gasteiger partial charge in [0.15, 0.2) is 5.69 Å². The van der Waals surface area contributed by atoms with Gasteiger partial charge in [0.05, 0.1) is 0 Å². The summed E-state index contributed by atoms with van der Waals surface area (Å²) in [5.41, 5.74) is 1.43. The molecule has 0 bridgehead atoms. The van der Waals surface area contributed by atoms with Crippen LogP contribution in [0.3, 0.4) is 0 Å². The summed E-state index contributed by atoms with van der Waals surface area (Å²) in [6.45, 7) is 5.34. The Bertz CT molecular complexity index is 568. The number of amides is 1. The van der Waals surface area contributed by atoms with E-state index < -0.39 is 0 Å². The molecule has 0 fully saturated rings. The minimum Gasteiger partial charge on any atom is -0.365 e.